The minimum Gasteiger partial charge on any atom is -0.364 e. The third-order valence-corrected chi connectivity index (χ3v) is 5.01. The number of carbonyl (C=O) groups is 2. The second kappa shape index (κ2) is 6.69. The number of primary amides is 1. The number of nitrogens with zero attached hydrogens (tertiary/aromatic N) is 3. The number of aromatic nitrogens is 4. The molecule has 3 heterocycles. The second-order valence-electron chi connectivity index (χ2n) is 6.01. The number of nitrogens with two attached hydrogens (primary N) is 1. The average molecular weight is 380 g/mol. The standard InChI is InChI=1S/C18H16N6O2S/c1-10(24-9-21-12-4-2-3-5-15(12)24)17(26)23-18-22-14(8-27-18)11-6-13(16(19)25)20-7-11/h2-10,20H,1H3,(H2,19,25)(H,22,23,26). The highest BCUT2D eigenvalue weighted by molar-refractivity contribution is 7.14. The first kappa shape index (κ1) is 17.0. The topological polar surface area (TPSA) is 119 Å². The molecule has 3 aromatic heterocycles. The molecule has 136 valence electrons. The molecule has 0 aliphatic rings. The molecular weight excluding hydrogens is 364 g/mol. The molecule has 27 heavy (non-hydrogen) atoms. The summed E-state index contributed by atoms with van der Waals surface area (Å²) in [6.07, 6.45) is 3.31. The molecule has 4 rings (SSSR count). The Kier molecular flexibility index (Phi) is 4.21. The van der Waals surface area contributed by atoms with Crippen LogP contribution >= 0.6 is 11.3 Å². The van der Waals surface area contributed by atoms with Crippen molar-refractivity contribution in [2.45, 2.75) is 13.0 Å². The van der Waals surface area contributed by atoms with Gasteiger partial charge in [0, 0.05) is 17.1 Å². The molecule has 8 nitrogen and oxygen atoms in total. The lowest BCUT2D eigenvalue weighted by atomic mass is 10.2. The fraction of sp³-hybridized carbons (Fsp3) is 0.111. The van der Waals surface area contributed by atoms with Gasteiger partial charge in [-0.05, 0) is 25.1 Å². The van der Waals surface area contributed by atoms with Crippen molar-refractivity contribution < 1.29 is 9.59 Å². The van der Waals surface area contributed by atoms with Crippen LogP contribution < -0.4 is 11.1 Å². The van der Waals surface area contributed by atoms with E-state index >= 15 is 0 Å². The van der Waals surface area contributed by atoms with Crippen molar-refractivity contribution in [1.82, 2.24) is 19.5 Å². The fourth-order valence-corrected chi connectivity index (χ4v) is 3.49. The second-order valence-corrected chi connectivity index (χ2v) is 6.87. The van der Waals surface area contributed by atoms with Crippen LogP contribution in [0.25, 0.3) is 22.3 Å². The summed E-state index contributed by atoms with van der Waals surface area (Å²) in [4.78, 5) is 35.3. The lowest BCUT2D eigenvalue weighted by Crippen LogP contribution is -2.23. The molecule has 0 spiro atoms. The molecule has 1 aromatic carbocycles. The fourth-order valence-electron chi connectivity index (χ4n) is 2.77. The monoisotopic (exact) mass is 380 g/mol. The summed E-state index contributed by atoms with van der Waals surface area (Å²) in [5, 5.41) is 5.12. The number of H-pyrrole nitrogens is 1. The Morgan fingerprint density at radius 2 is 2.15 bits per heavy atom. The van der Waals surface area contributed by atoms with Crippen LogP contribution in [0.5, 0.6) is 0 Å². The van der Waals surface area contributed by atoms with Crippen molar-refractivity contribution in [3.05, 3.63) is 53.9 Å². The van der Waals surface area contributed by atoms with Crippen molar-refractivity contribution in [2.75, 3.05) is 5.32 Å². The molecule has 1 unspecified atom stereocenters. The van der Waals surface area contributed by atoms with Crippen LogP contribution in [-0.4, -0.2) is 31.3 Å². The van der Waals surface area contributed by atoms with Crippen LogP contribution in [0.4, 0.5) is 5.13 Å². The molecule has 0 fully saturated rings. The first-order valence-electron chi connectivity index (χ1n) is 8.19. The number of para-hydroxylation sites is 2. The summed E-state index contributed by atoms with van der Waals surface area (Å²) < 4.78 is 1.82. The molecule has 0 saturated heterocycles. The van der Waals surface area contributed by atoms with Crippen LogP contribution in [-0.2, 0) is 4.79 Å². The van der Waals surface area contributed by atoms with E-state index in [4.69, 9.17) is 5.73 Å². The minimum atomic E-state index is -0.536. The molecule has 9 heteroatoms. The number of fused-ring (bicyclic) bond motifs is 1. The molecular formula is C18H16N6O2S. The van der Waals surface area contributed by atoms with Crippen molar-refractivity contribution >= 4 is 39.3 Å². The number of carbonyl (C=O) groups excluding carboxylic acids is 2. The zero-order valence-corrected chi connectivity index (χ0v) is 15.2. The van der Waals surface area contributed by atoms with Gasteiger partial charge in [0.15, 0.2) is 5.13 Å². The number of thiazole rings is 1. The zero-order chi connectivity index (χ0) is 19.0. The molecule has 0 radical (unpaired) electrons. The quantitative estimate of drug-likeness (QED) is 0.493. The van der Waals surface area contributed by atoms with Crippen molar-refractivity contribution in [3.8, 4) is 11.3 Å². The van der Waals surface area contributed by atoms with Crippen molar-refractivity contribution in [3.63, 3.8) is 0 Å². The van der Waals surface area contributed by atoms with Crippen LogP contribution in [0.15, 0.2) is 48.2 Å². The third kappa shape index (κ3) is 3.20. The molecule has 2 amide bonds. The van der Waals surface area contributed by atoms with Gasteiger partial charge in [-0.25, -0.2) is 9.97 Å². The van der Waals surface area contributed by atoms with Gasteiger partial charge in [-0.15, -0.1) is 11.3 Å². The van der Waals surface area contributed by atoms with E-state index in [2.05, 4.69) is 20.3 Å². The van der Waals surface area contributed by atoms with Crippen LogP contribution in [0.2, 0.25) is 0 Å². The Balaban J connectivity index is 1.51. The highest BCUT2D eigenvalue weighted by Gasteiger charge is 2.19. The first-order chi connectivity index (χ1) is 13.0. The van der Waals surface area contributed by atoms with E-state index in [-0.39, 0.29) is 5.91 Å². The van der Waals surface area contributed by atoms with E-state index in [1.54, 1.807) is 24.0 Å². The zero-order valence-electron chi connectivity index (χ0n) is 14.3. The number of aromatic amines is 1. The average Bonchev–Trinajstić information content (AvgIpc) is 3.39. The minimum absolute atomic E-state index is 0.189. The smallest absolute Gasteiger partial charge is 0.265 e. The number of rotatable bonds is 5. The number of hydrogen-bond acceptors (Lipinski definition) is 5. The van der Waals surface area contributed by atoms with E-state index < -0.39 is 11.9 Å². The van der Waals surface area contributed by atoms with Gasteiger partial charge in [-0.1, -0.05) is 12.1 Å². The van der Waals surface area contributed by atoms with E-state index in [1.807, 2.05) is 35.8 Å². The van der Waals surface area contributed by atoms with Crippen molar-refractivity contribution in [2.24, 2.45) is 5.73 Å². The molecule has 0 bridgehead atoms. The van der Waals surface area contributed by atoms with Gasteiger partial charge in [0.2, 0.25) is 5.91 Å². The van der Waals surface area contributed by atoms with Crippen LogP contribution in [0.3, 0.4) is 0 Å². The number of amides is 2. The molecule has 0 aliphatic heterocycles. The summed E-state index contributed by atoms with van der Waals surface area (Å²) in [5.74, 6) is -0.725. The maximum atomic E-state index is 12.6. The Hall–Kier alpha value is -3.46. The number of benzene rings is 1. The van der Waals surface area contributed by atoms with Gasteiger partial charge in [0.25, 0.3) is 5.91 Å². The van der Waals surface area contributed by atoms with E-state index in [1.165, 1.54) is 11.3 Å². The van der Waals surface area contributed by atoms with Gasteiger partial charge >= 0.3 is 0 Å². The Bertz CT molecular complexity index is 1140. The van der Waals surface area contributed by atoms with Gasteiger partial charge in [0.05, 0.1) is 23.1 Å². The molecule has 4 N–H and O–H groups in total. The van der Waals surface area contributed by atoms with Crippen LogP contribution in [0, 0.1) is 0 Å². The lowest BCUT2D eigenvalue weighted by Gasteiger charge is -2.13. The number of anilines is 1. The Morgan fingerprint density at radius 3 is 2.93 bits per heavy atom. The van der Waals surface area contributed by atoms with Crippen LogP contribution in [0.1, 0.15) is 23.5 Å². The van der Waals surface area contributed by atoms with Gasteiger partial charge in [-0.2, -0.15) is 0 Å². The normalized spacial score (nSPS) is 12.2. The highest BCUT2D eigenvalue weighted by atomic mass is 32.1. The maximum absolute atomic E-state index is 12.6. The number of hydrogen-bond donors (Lipinski definition) is 3. The first-order valence-corrected chi connectivity index (χ1v) is 9.07. The number of nitrogens with one attached hydrogen (secondary N) is 2. The summed E-state index contributed by atoms with van der Waals surface area (Å²) in [6, 6.07) is 8.83. The summed E-state index contributed by atoms with van der Waals surface area (Å²) in [6.45, 7) is 1.81. The maximum Gasteiger partial charge on any atom is 0.265 e. The molecule has 0 saturated carbocycles. The molecule has 1 atom stereocenters. The molecule has 4 aromatic rings. The molecule has 0 aliphatic carbocycles. The summed E-state index contributed by atoms with van der Waals surface area (Å²) >= 11 is 1.31. The predicted molar refractivity (Wildman–Crippen MR) is 103 cm³/mol. The van der Waals surface area contributed by atoms with Gasteiger partial charge in [-0.3, -0.25) is 9.59 Å². The van der Waals surface area contributed by atoms with Gasteiger partial charge in [0.1, 0.15) is 11.7 Å². The van der Waals surface area contributed by atoms with Crippen molar-refractivity contribution in [1.29, 1.82) is 0 Å². The summed E-state index contributed by atoms with van der Waals surface area (Å²) in [5.41, 5.74) is 8.67. The van der Waals surface area contributed by atoms with Gasteiger partial charge < -0.3 is 20.6 Å². The van der Waals surface area contributed by atoms with E-state index in [9.17, 15) is 9.59 Å². The highest BCUT2D eigenvalue weighted by Crippen LogP contribution is 2.26. The summed E-state index contributed by atoms with van der Waals surface area (Å²) in [7, 11) is 0. The number of imidazole rings is 1. The lowest BCUT2D eigenvalue weighted by molar-refractivity contribution is -0.118. The predicted octanol–water partition coefficient (Wildman–Crippen LogP) is 2.79. The largest absolute Gasteiger partial charge is 0.364 e. The van der Waals surface area contributed by atoms with E-state index in [0.717, 1.165) is 16.6 Å². The third-order valence-electron chi connectivity index (χ3n) is 4.26. The SMILES string of the molecule is CC(C(=O)Nc1nc(-c2c[nH]c(C(N)=O)c2)cs1)n1cnc2ccccc21. The Labute approximate surface area is 158 Å². The van der Waals surface area contributed by atoms with E-state index in [0.29, 0.717) is 16.5 Å². The Morgan fingerprint density at radius 1 is 1.33 bits per heavy atom.